The fraction of sp³-hybridized carbons (Fsp3) is 0.292. The lowest BCUT2D eigenvalue weighted by molar-refractivity contribution is -0.384. The van der Waals surface area contributed by atoms with E-state index < -0.39 is 28.6 Å². The molecule has 0 aliphatic carbocycles. The third-order valence-corrected chi connectivity index (χ3v) is 6.18. The number of ether oxygens (including phenoxy) is 3. The molecule has 1 aliphatic rings. The predicted molar refractivity (Wildman–Crippen MR) is 137 cm³/mol. The molecule has 1 fully saturated rings. The average molecular weight is 579 g/mol. The van der Waals surface area contributed by atoms with Crippen molar-refractivity contribution in [1.82, 2.24) is 4.90 Å². The van der Waals surface area contributed by atoms with Gasteiger partial charge in [-0.05, 0) is 89.9 Å². The zero-order chi connectivity index (χ0) is 26.4. The summed E-state index contributed by atoms with van der Waals surface area (Å²) in [6.45, 7) is 5.20. The standard InChI is InChI=1S/C24H23BrN2O8S/c1-4-33-19-10-16(11-20-23(29)26(24(30)36-20)12-21(28)35-14(2)3)9-18(25)22(19)34-13-15-5-7-17(8-6-15)27(31)32/h5-11,14H,4,12-13H2,1-3H3/b20-11-. The Morgan fingerprint density at radius 2 is 1.89 bits per heavy atom. The third kappa shape index (κ3) is 6.85. The van der Waals surface area contributed by atoms with Crippen molar-refractivity contribution in [3.8, 4) is 11.5 Å². The summed E-state index contributed by atoms with van der Waals surface area (Å²) < 4.78 is 17.2. The number of imide groups is 1. The molecule has 0 unspecified atom stereocenters. The lowest BCUT2D eigenvalue weighted by Gasteiger charge is -2.15. The molecule has 2 amide bonds. The highest BCUT2D eigenvalue weighted by molar-refractivity contribution is 9.10. The number of non-ortho nitro benzene ring substituents is 1. The highest BCUT2D eigenvalue weighted by atomic mass is 79.9. The van der Waals surface area contributed by atoms with Crippen molar-refractivity contribution < 1.29 is 33.5 Å². The summed E-state index contributed by atoms with van der Waals surface area (Å²) in [6, 6.07) is 9.38. The highest BCUT2D eigenvalue weighted by Gasteiger charge is 2.37. The van der Waals surface area contributed by atoms with Gasteiger partial charge >= 0.3 is 5.97 Å². The van der Waals surface area contributed by atoms with Crippen LogP contribution >= 0.6 is 27.7 Å². The zero-order valence-corrected chi connectivity index (χ0v) is 22.1. The maximum absolute atomic E-state index is 12.7. The first kappa shape index (κ1) is 27.2. The van der Waals surface area contributed by atoms with Crippen LogP contribution in [0.5, 0.6) is 11.5 Å². The van der Waals surface area contributed by atoms with Gasteiger partial charge in [-0.3, -0.25) is 29.4 Å². The molecule has 190 valence electrons. The second-order valence-electron chi connectivity index (χ2n) is 7.78. The van der Waals surface area contributed by atoms with E-state index in [-0.39, 0.29) is 23.3 Å². The van der Waals surface area contributed by atoms with Crippen molar-refractivity contribution in [2.24, 2.45) is 0 Å². The van der Waals surface area contributed by atoms with E-state index in [4.69, 9.17) is 14.2 Å². The summed E-state index contributed by atoms with van der Waals surface area (Å²) >= 11 is 4.20. The number of amides is 2. The molecule has 1 saturated heterocycles. The first-order valence-corrected chi connectivity index (χ1v) is 12.5. The second-order valence-corrected chi connectivity index (χ2v) is 9.63. The van der Waals surface area contributed by atoms with E-state index in [1.54, 1.807) is 38.1 Å². The smallest absolute Gasteiger partial charge is 0.326 e. The molecule has 1 aliphatic heterocycles. The molecule has 2 aromatic carbocycles. The van der Waals surface area contributed by atoms with Crippen molar-refractivity contribution in [2.45, 2.75) is 33.5 Å². The molecule has 0 bridgehead atoms. The van der Waals surface area contributed by atoms with E-state index in [1.165, 1.54) is 18.2 Å². The molecule has 0 N–H and O–H groups in total. The fourth-order valence-corrected chi connectivity index (χ4v) is 4.57. The Hall–Kier alpha value is -3.38. The highest BCUT2D eigenvalue weighted by Crippen LogP contribution is 2.39. The van der Waals surface area contributed by atoms with Crippen molar-refractivity contribution in [3.05, 3.63) is 67.0 Å². The molecule has 12 heteroatoms. The number of nitro groups is 1. The molecule has 0 spiro atoms. The molecule has 3 rings (SSSR count). The van der Waals surface area contributed by atoms with E-state index in [0.29, 0.717) is 28.1 Å². The normalized spacial score (nSPS) is 14.5. The average Bonchev–Trinajstić information content (AvgIpc) is 3.05. The van der Waals surface area contributed by atoms with Gasteiger partial charge < -0.3 is 14.2 Å². The van der Waals surface area contributed by atoms with Crippen molar-refractivity contribution >= 4 is 56.6 Å². The van der Waals surface area contributed by atoms with Crippen LogP contribution in [0.4, 0.5) is 10.5 Å². The molecule has 10 nitrogen and oxygen atoms in total. The van der Waals surface area contributed by atoms with E-state index >= 15 is 0 Å². The molecule has 36 heavy (non-hydrogen) atoms. The molecular formula is C24H23BrN2O8S. The number of carbonyl (C=O) groups is 3. The van der Waals surface area contributed by atoms with Gasteiger partial charge in [0.15, 0.2) is 11.5 Å². The van der Waals surface area contributed by atoms with Gasteiger partial charge in [0.1, 0.15) is 13.2 Å². The number of nitro benzene ring substituents is 1. The summed E-state index contributed by atoms with van der Waals surface area (Å²) in [7, 11) is 0. The third-order valence-electron chi connectivity index (χ3n) is 4.69. The van der Waals surface area contributed by atoms with Gasteiger partial charge in [-0.25, -0.2) is 0 Å². The number of hydrogen-bond acceptors (Lipinski definition) is 9. The maximum atomic E-state index is 12.7. The molecule has 2 aromatic rings. The Morgan fingerprint density at radius 3 is 2.50 bits per heavy atom. The van der Waals surface area contributed by atoms with Crippen LogP contribution in [0.3, 0.4) is 0 Å². The Bertz CT molecular complexity index is 1210. The van der Waals surface area contributed by atoms with Crippen LogP contribution in [-0.2, 0) is 20.9 Å². The van der Waals surface area contributed by atoms with Crippen molar-refractivity contribution in [3.63, 3.8) is 0 Å². The Morgan fingerprint density at radius 1 is 1.19 bits per heavy atom. The van der Waals surface area contributed by atoms with Crippen molar-refractivity contribution in [1.29, 1.82) is 0 Å². The van der Waals surface area contributed by atoms with E-state index in [0.717, 1.165) is 22.2 Å². The van der Waals surface area contributed by atoms with Gasteiger partial charge in [0.25, 0.3) is 16.8 Å². The fourth-order valence-electron chi connectivity index (χ4n) is 3.16. The minimum absolute atomic E-state index is 0.0134. The summed E-state index contributed by atoms with van der Waals surface area (Å²) in [5, 5.41) is 10.3. The number of hydrogen-bond donors (Lipinski definition) is 0. The Kier molecular flexibility index (Phi) is 9.10. The molecule has 1 heterocycles. The molecule has 0 aromatic heterocycles. The predicted octanol–water partition coefficient (Wildman–Crippen LogP) is 5.32. The summed E-state index contributed by atoms with van der Waals surface area (Å²) in [5.74, 6) is -0.431. The number of carbonyl (C=O) groups excluding carboxylic acids is 3. The lowest BCUT2D eigenvalue weighted by atomic mass is 10.1. The number of benzene rings is 2. The lowest BCUT2D eigenvalue weighted by Crippen LogP contribution is -2.35. The van der Waals surface area contributed by atoms with E-state index in [1.807, 2.05) is 6.92 Å². The van der Waals surface area contributed by atoms with Crippen LogP contribution in [0.1, 0.15) is 31.9 Å². The van der Waals surface area contributed by atoms with Crippen LogP contribution < -0.4 is 9.47 Å². The molecule has 0 saturated carbocycles. The Balaban J connectivity index is 1.79. The zero-order valence-electron chi connectivity index (χ0n) is 19.7. The SMILES string of the molecule is CCOc1cc(/C=C2\SC(=O)N(CC(=O)OC(C)C)C2=O)cc(Br)c1OCc1ccc([N+](=O)[O-])cc1. The van der Waals surface area contributed by atoms with Crippen LogP contribution in [-0.4, -0.2) is 46.2 Å². The summed E-state index contributed by atoms with van der Waals surface area (Å²) in [4.78, 5) is 48.3. The van der Waals surface area contributed by atoms with E-state index in [2.05, 4.69) is 15.9 Å². The second kappa shape index (κ2) is 12.0. The molecular weight excluding hydrogens is 556 g/mol. The van der Waals surface area contributed by atoms with Gasteiger partial charge in [0.2, 0.25) is 0 Å². The van der Waals surface area contributed by atoms with Gasteiger partial charge in [-0.2, -0.15) is 0 Å². The summed E-state index contributed by atoms with van der Waals surface area (Å²) in [5.41, 5.74) is 1.28. The largest absolute Gasteiger partial charge is 0.490 e. The number of esters is 1. The van der Waals surface area contributed by atoms with Crippen LogP contribution in [0.2, 0.25) is 0 Å². The number of thioether (sulfide) groups is 1. The monoisotopic (exact) mass is 578 g/mol. The van der Waals surface area contributed by atoms with Gasteiger partial charge in [0, 0.05) is 12.1 Å². The topological polar surface area (TPSA) is 125 Å². The summed E-state index contributed by atoms with van der Waals surface area (Å²) in [6.07, 6.45) is 1.18. The first-order valence-electron chi connectivity index (χ1n) is 10.9. The van der Waals surface area contributed by atoms with Crippen LogP contribution in [0.15, 0.2) is 45.8 Å². The number of halogens is 1. The molecule has 0 atom stereocenters. The number of nitrogens with zero attached hydrogens (tertiary/aromatic N) is 2. The van der Waals surface area contributed by atoms with Gasteiger partial charge in [-0.15, -0.1) is 0 Å². The van der Waals surface area contributed by atoms with Crippen LogP contribution in [0.25, 0.3) is 6.08 Å². The van der Waals surface area contributed by atoms with E-state index in [9.17, 15) is 24.5 Å². The minimum Gasteiger partial charge on any atom is -0.490 e. The first-order chi connectivity index (χ1) is 17.1. The Labute approximate surface area is 219 Å². The number of rotatable bonds is 10. The maximum Gasteiger partial charge on any atom is 0.326 e. The van der Waals surface area contributed by atoms with Crippen LogP contribution in [0, 0.1) is 10.1 Å². The van der Waals surface area contributed by atoms with Crippen molar-refractivity contribution in [2.75, 3.05) is 13.2 Å². The van der Waals surface area contributed by atoms with Gasteiger partial charge in [-0.1, -0.05) is 0 Å². The quantitative estimate of drug-likeness (QED) is 0.159. The molecule has 0 radical (unpaired) electrons. The minimum atomic E-state index is -0.663. The van der Waals surface area contributed by atoms with Gasteiger partial charge in [0.05, 0.1) is 27.0 Å².